The quantitative estimate of drug-likeness (QED) is 0.115. The number of carboxylic acid groups (broad SMARTS) is 1. The normalized spacial score (nSPS) is 27.0. The van der Waals surface area contributed by atoms with Crippen molar-refractivity contribution < 1.29 is 67.3 Å². The van der Waals surface area contributed by atoms with E-state index in [9.17, 15) is 29.1 Å². The van der Waals surface area contributed by atoms with E-state index in [2.05, 4.69) is 0 Å². The third-order valence-electron chi connectivity index (χ3n) is 14.7. The molecule has 0 radical (unpaired) electrons. The lowest BCUT2D eigenvalue weighted by Crippen LogP contribution is -2.50. The van der Waals surface area contributed by atoms with Gasteiger partial charge in [-0.2, -0.15) is 54.0 Å². The van der Waals surface area contributed by atoms with Gasteiger partial charge in [-0.25, -0.2) is 19.2 Å². The van der Waals surface area contributed by atoms with Crippen molar-refractivity contribution in [1.82, 2.24) is 0 Å². The van der Waals surface area contributed by atoms with E-state index in [-0.39, 0.29) is 122 Å². The number of hydrogen-bond donors (Lipinski definition) is 2. The predicted octanol–water partition coefficient (Wildman–Crippen LogP) is 9.51. The zero-order valence-electron chi connectivity index (χ0n) is 42.5. The van der Waals surface area contributed by atoms with Gasteiger partial charge in [-0.3, -0.25) is 4.79 Å². The van der Waals surface area contributed by atoms with Crippen molar-refractivity contribution in [2.45, 2.75) is 151 Å². The number of ketones is 1. The van der Waals surface area contributed by atoms with Crippen molar-refractivity contribution >= 4 is 83.6 Å². The first-order chi connectivity index (χ1) is 34.5. The molecule has 4 aliphatic heterocycles. The standard InChI is InChI=1S/C16H20O4.C16H18O4.C16H18O3.C9H12O3.4H2S/c2*17-14-8-9-16(20-11-14,13-6-7-13)15(18)19-10-12-4-2-1-3-5-12;17-15(18-12-13-6-2-1-3-7-13)16(14-8-9-14)10-4-5-11-19-16;10-8(11)9(7-3-4-7)5-1-2-6-12-9;;;;/h1-5,13-14,17H,6-11H2;1-5,13H,6-11H2;1-3,5-7,11,14H,4,8-10,12H2;2,6-7H,1,3-5H2,(H,10,11);4*1H2/t14?,16-;2*16-;9-;;;;/m0000..../s1. The summed E-state index contributed by atoms with van der Waals surface area (Å²) in [6.45, 7) is 1.13. The van der Waals surface area contributed by atoms with Gasteiger partial charge in [-0.05, 0) is 124 Å². The van der Waals surface area contributed by atoms with Gasteiger partial charge < -0.3 is 43.4 Å². The third kappa shape index (κ3) is 16.5. The molecule has 0 spiro atoms. The molecule has 75 heavy (non-hydrogen) atoms. The van der Waals surface area contributed by atoms with Crippen LogP contribution >= 0.6 is 54.0 Å². The number of carbonyl (C=O) groups is 5. The van der Waals surface area contributed by atoms with Gasteiger partial charge in [0.05, 0.1) is 25.2 Å². The van der Waals surface area contributed by atoms with Crippen LogP contribution in [0.25, 0.3) is 0 Å². The van der Waals surface area contributed by atoms with Gasteiger partial charge in [0.15, 0.2) is 17.0 Å². The molecule has 3 aromatic rings. The summed E-state index contributed by atoms with van der Waals surface area (Å²) in [6.07, 6.45) is 19.8. The molecule has 2 N–H and O–H groups in total. The van der Waals surface area contributed by atoms with Crippen LogP contribution < -0.4 is 0 Å². The fraction of sp³-hybridized carbons (Fsp3) is 0.526. The lowest BCUT2D eigenvalue weighted by atomic mass is 9.88. The number of benzene rings is 3. The van der Waals surface area contributed by atoms with Gasteiger partial charge in [0.1, 0.15) is 26.4 Å². The lowest BCUT2D eigenvalue weighted by Gasteiger charge is -2.37. The van der Waals surface area contributed by atoms with Gasteiger partial charge in [0.2, 0.25) is 11.2 Å². The third-order valence-corrected chi connectivity index (χ3v) is 14.7. The van der Waals surface area contributed by atoms with Crippen molar-refractivity contribution in [2.24, 2.45) is 23.7 Å². The molecule has 0 bridgehead atoms. The Morgan fingerprint density at radius 2 is 0.867 bits per heavy atom. The average molecular weight is 1110 g/mol. The van der Waals surface area contributed by atoms with E-state index < -0.39 is 34.5 Å². The highest BCUT2D eigenvalue weighted by Gasteiger charge is 2.57. The molecule has 2 saturated heterocycles. The average Bonchev–Trinajstić information content (AvgIpc) is 4.19. The monoisotopic (exact) mass is 1110 g/mol. The zero-order chi connectivity index (χ0) is 49.7. The summed E-state index contributed by atoms with van der Waals surface area (Å²) in [4.78, 5) is 59.6. The second kappa shape index (κ2) is 29.4. The number of aliphatic carboxylic acids is 1. The van der Waals surface area contributed by atoms with E-state index >= 15 is 0 Å². The van der Waals surface area contributed by atoms with Crippen molar-refractivity contribution in [3.63, 3.8) is 0 Å². The highest BCUT2D eigenvalue weighted by Crippen LogP contribution is 2.50. The predicted molar refractivity (Wildman–Crippen MR) is 300 cm³/mol. The summed E-state index contributed by atoms with van der Waals surface area (Å²) >= 11 is 0. The maximum absolute atomic E-state index is 12.5. The molecule has 412 valence electrons. The van der Waals surface area contributed by atoms with Gasteiger partial charge in [0.25, 0.3) is 0 Å². The van der Waals surface area contributed by atoms with Crippen LogP contribution in [0.3, 0.4) is 0 Å². The smallest absolute Gasteiger partial charge is 0.351 e. The van der Waals surface area contributed by atoms with Gasteiger partial charge >= 0.3 is 23.9 Å². The number of ether oxygens (including phenoxy) is 7. The first-order valence-electron chi connectivity index (χ1n) is 25.5. The molecule has 5 atom stereocenters. The molecule has 8 aliphatic rings. The number of hydrogen-bond acceptors (Lipinski definition) is 13. The van der Waals surface area contributed by atoms with E-state index in [1.807, 2.05) is 103 Å². The Labute approximate surface area is 468 Å². The second-order valence-corrected chi connectivity index (χ2v) is 20.0. The molecular weight excluding hydrogens is 1040 g/mol. The molecule has 3 aromatic carbocycles. The second-order valence-electron chi connectivity index (χ2n) is 20.0. The summed E-state index contributed by atoms with van der Waals surface area (Å²) in [5.41, 5.74) is -0.343. The molecule has 4 aliphatic carbocycles. The van der Waals surface area contributed by atoms with Crippen LogP contribution in [0.5, 0.6) is 0 Å². The van der Waals surface area contributed by atoms with Gasteiger partial charge in [-0.15, -0.1) is 0 Å². The molecular formula is C57H76O14S4. The summed E-state index contributed by atoms with van der Waals surface area (Å²) in [5.74, 6) is -0.445. The van der Waals surface area contributed by atoms with Gasteiger partial charge in [-0.1, -0.05) is 91.0 Å². The Hall–Kier alpha value is -4.43. The summed E-state index contributed by atoms with van der Waals surface area (Å²) in [6, 6.07) is 29.0. The van der Waals surface area contributed by atoms with E-state index in [1.54, 1.807) is 6.26 Å². The minimum Gasteiger partial charge on any atom is -0.483 e. The zero-order valence-corrected chi connectivity index (χ0v) is 46.5. The number of aliphatic hydroxyl groups excluding tert-OH is 1. The largest absolute Gasteiger partial charge is 0.483 e. The van der Waals surface area contributed by atoms with Crippen LogP contribution in [0.1, 0.15) is 119 Å². The van der Waals surface area contributed by atoms with E-state index in [1.165, 1.54) is 6.26 Å². The molecule has 6 fully saturated rings. The van der Waals surface area contributed by atoms with Crippen LogP contribution in [0.4, 0.5) is 0 Å². The van der Waals surface area contributed by atoms with Crippen LogP contribution in [-0.4, -0.2) is 81.6 Å². The van der Waals surface area contributed by atoms with Crippen LogP contribution in [0.15, 0.2) is 116 Å². The first kappa shape index (κ1) is 63.1. The van der Waals surface area contributed by atoms with Crippen LogP contribution in [-0.2, 0) is 77.0 Å². The maximum atomic E-state index is 12.5. The Kier molecular flexibility index (Phi) is 24.7. The molecule has 11 rings (SSSR count). The number of rotatable bonds is 14. The summed E-state index contributed by atoms with van der Waals surface area (Å²) in [5, 5.41) is 18.6. The fourth-order valence-electron chi connectivity index (χ4n) is 9.93. The topological polar surface area (TPSA) is 190 Å². The molecule has 0 amide bonds. The van der Waals surface area contributed by atoms with Crippen LogP contribution in [0, 0.1) is 23.7 Å². The molecule has 1 unspecified atom stereocenters. The lowest BCUT2D eigenvalue weighted by molar-refractivity contribution is -0.193. The molecule has 14 nitrogen and oxygen atoms in total. The Morgan fingerprint density at radius 3 is 1.20 bits per heavy atom. The van der Waals surface area contributed by atoms with Crippen molar-refractivity contribution in [3.8, 4) is 0 Å². The fourth-order valence-corrected chi connectivity index (χ4v) is 9.93. The number of aliphatic hydroxyl groups is 1. The van der Waals surface area contributed by atoms with Crippen molar-refractivity contribution in [3.05, 3.63) is 132 Å². The summed E-state index contributed by atoms with van der Waals surface area (Å²) in [7, 11) is 0. The highest BCUT2D eigenvalue weighted by molar-refractivity contribution is 7.59. The van der Waals surface area contributed by atoms with E-state index in [4.69, 9.17) is 38.3 Å². The Balaban J connectivity index is 0.000000215. The molecule has 0 aromatic heterocycles. The molecule has 18 heteroatoms. The number of esters is 3. The highest BCUT2D eigenvalue weighted by atomic mass is 32.1. The number of carbonyl (C=O) groups excluding carboxylic acids is 4. The first-order valence-corrected chi connectivity index (χ1v) is 25.5. The van der Waals surface area contributed by atoms with Gasteiger partial charge in [0, 0.05) is 31.1 Å². The number of allylic oxidation sites excluding steroid dienone is 2. The SMILES string of the molecule is O=C(O)[C@@]1(C2CC2)CCC=CO1.O=C(OCc1ccccc1)[C@@]1(C2CC2)CCC(O)CO1.O=C(OCc1ccccc1)[C@@]1(C2CC2)CCC=CO1.O=C1CC[C@@](C(=O)OCc2ccccc2)(C2CC2)OC1.S.S.S.S. The van der Waals surface area contributed by atoms with E-state index in [0.29, 0.717) is 44.6 Å². The number of carboxylic acids is 1. The minimum atomic E-state index is -0.880. The van der Waals surface area contributed by atoms with Crippen molar-refractivity contribution in [1.29, 1.82) is 0 Å². The van der Waals surface area contributed by atoms with Crippen LogP contribution in [0.2, 0.25) is 0 Å². The van der Waals surface area contributed by atoms with E-state index in [0.717, 1.165) is 87.3 Å². The maximum Gasteiger partial charge on any atom is 0.351 e. The van der Waals surface area contributed by atoms with Crippen molar-refractivity contribution in [2.75, 3.05) is 13.2 Å². The number of Topliss-reactive ketones (excluding diaryl/α,β-unsaturated/α-hetero) is 1. The Bertz CT molecular complexity index is 2320. The molecule has 4 heterocycles. The minimum absolute atomic E-state index is 0. The Morgan fingerprint density at radius 1 is 0.493 bits per heavy atom. The summed E-state index contributed by atoms with van der Waals surface area (Å²) < 4.78 is 38.7. The molecule has 4 saturated carbocycles.